The minimum absolute atomic E-state index is 0.170. The summed E-state index contributed by atoms with van der Waals surface area (Å²) in [5.74, 6) is -0.300. The fourth-order valence-corrected chi connectivity index (χ4v) is 4.07. The van der Waals surface area contributed by atoms with Crippen LogP contribution in [-0.4, -0.2) is 25.2 Å². The van der Waals surface area contributed by atoms with Crippen molar-refractivity contribution in [3.05, 3.63) is 86.6 Å². The Bertz CT molecular complexity index is 1420. The molecule has 0 saturated carbocycles. The normalized spacial score (nSPS) is 13.6. The van der Waals surface area contributed by atoms with Crippen LogP contribution in [-0.2, 0) is 20.1 Å². The highest BCUT2D eigenvalue weighted by Crippen LogP contribution is 2.30. The first-order valence-corrected chi connectivity index (χ1v) is 9.92. The van der Waals surface area contributed by atoms with Gasteiger partial charge in [0.15, 0.2) is 11.2 Å². The van der Waals surface area contributed by atoms with Crippen LogP contribution < -0.4 is 16.1 Å². The Balaban J connectivity index is 1.71. The summed E-state index contributed by atoms with van der Waals surface area (Å²) >= 11 is 0. The standard InChI is InChI=1S/C22H19F2N5O2/c1-26-19-18(20(30)29(22(26)31)13-14-5-2-3-6-17(14)24)28-12-4-11-27(21(28)25-19)16-9-7-15(23)8-10-16/h2-3,5-10H,4,11-13H2,1H3. The van der Waals surface area contributed by atoms with Crippen LogP contribution in [0.15, 0.2) is 58.1 Å². The molecule has 3 heterocycles. The van der Waals surface area contributed by atoms with E-state index in [2.05, 4.69) is 4.98 Å². The Hall–Kier alpha value is -3.75. The number of rotatable bonds is 3. The minimum atomic E-state index is -0.565. The largest absolute Gasteiger partial charge is 0.332 e. The maximum Gasteiger partial charge on any atom is 0.332 e. The summed E-state index contributed by atoms with van der Waals surface area (Å²) in [6, 6.07) is 12.1. The van der Waals surface area contributed by atoms with Gasteiger partial charge < -0.3 is 9.47 Å². The number of halogens is 2. The number of fused-ring (bicyclic) bond motifs is 3. The second kappa shape index (κ2) is 7.19. The van der Waals surface area contributed by atoms with Gasteiger partial charge in [-0.25, -0.2) is 13.6 Å². The summed E-state index contributed by atoms with van der Waals surface area (Å²) in [6.45, 7) is 1.03. The minimum Gasteiger partial charge on any atom is -0.312 e. The van der Waals surface area contributed by atoms with Crippen molar-refractivity contribution >= 4 is 22.8 Å². The van der Waals surface area contributed by atoms with Crippen molar-refractivity contribution in [3.63, 3.8) is 0 Å². The molecule has 4 aromatic rings. The van der Waals surface area contributed by atoms with E-state index in [4.69, 9.17) is 0 Å². The average Bonchev–Trinajstić information content (AvgIpc) is 3.17. The molecule has 0 atom stereocenters. The maximum absolute atomic E-state index is 14.2. The molecule has 9 heteroatoms. The van der Waals surface area contributed by atoms with Gasteiger partial charge in [0.25, 0.3) is 5.56 Å². The number of imidazole rings is 1. The molecule has 1 aliphatic heterocycles. The van der Waals surface area contributed by atoms with E-state index >= 15 is 0 Å². The van der Waals surface area contributed by atoms with Gasteiger partial charge in [-0.3, -0.25) is 13.9 Å². The molecule has 1 aliphatic rings. The quantitative estimate of drug-likeness (QED) is 0.508. The highest BCUT2D eigenvalue weighted by Gasteiger charge is 2.27. The van der Waals surface area contributed by atoms with Gasteiger partial charge in [0, 0.05) is 31.4 Å². The van der Waals surface area contributed by atoms with Crippen LogP contribution >= 0.6 is 0 Å². The second-order valence-corrected chi connectivity index (χ2v) is 7.54. The van der Waals surface area contributed by atoms with Crippen molar-refractivity contribution in [1.82, 2.24) is 18.7 Å². The summed E-state index contributed by atoms with van der Waals surface area (Å²) in [7, 11) is 1.54. The van der Waals surface area contributed by atoms with E-state index in [1.807, 2.05) is 4.90 Å². The number of aromatic nitrogens is 4. The number of anilines is 2. The van der Waals surface area contributed by atoms with Crippen LogP contribution in [0.1, 0.15) is 12.0 Å². The molecule has 5 rings (SSSR count). The van der Waals surface area contributed by atoms with Crippen LogP contribution in [0, 0.1) is 11.6 Å². The Labute approximate surface area is 175 Å². The lowest BCUT2D eigenvalue weighted by atomic mass is 10.2. The summed E-state index contributed by atoms with van der Waals surface area (Å²) < 4.78 is 31.7. The van der Waals surface area contributed by atoms with E-state index in [1.54, 1.807) is 41.9 Å². The SMILES string of the molecule is Cn1c(=O)n(Cc2ccccc2F)c(=O)c2c1nc1n2CCCN1c1ccc(F)cc1. The monoisotopic (exact) mass is 423 g/mol. The number of aryl methyl sites for hydroxylation is 2. The molecule has 0 spiro atoms. The molecule has 2 aromatic heterocycles. The predicted molar refractivity (Wildman–Crippen MR) is 113 cm³/mol. The number of benzene rings is 2. The van der Waals surface area contributed by atoms with Crippen LogP contribution in [0.5, 0.6) is 0 Å². The molecule has 0 fully saturated rings. The third-order valence-corrected chi connectivity index (χ3v) is 5.64. The number of hydrogen-bond donors (Lipinski definition) is 0. The van der Waals surface area contributed by atoms with Crippen molar-refractivity contribution in [2.45, 2.75) is 19.5 Å². The molecule has 0 bridgehead atoms. The molecule has 0 radical (unpaired) electrons. The Kier molecular flexibility index (Phi) is 4.46. The second-order valence-electron chi connectivity index (χ2n) is 7.54. The zero-order valence-corrected chi connectivity index (χ0v) is 16.8. The van der Waals surface area contributed by atoms with E-state index in [0.29, 0.717) is 24.6 Å². The molecule has 0 N–H and O–H groups in total. The summed E-state index contributed by atoms with van der Waals surface area (Å²) in [4.78, 5) is 32.7. The van der Waals surface area contributed by atoms with Gasteiger partial charge in [0.1, 0.15) is 11.6 Å². The smallest absolute Gasteiger partial charge is 0.312 e. The highest BCUT2D eigenvalue weighted by molar-refractivity contribution is 5.77. The molecule has 0 aliphatic carbocycles. The first-order chi connectivity index (χ1) is 15.0. The van der Waals surface area contributed by atoms with Crippen molar-refractivity contribution in [2.75, 3.05) is 11.4 Å². The molecule has 7 nitrogen and oxygen atoms in total. The van der Waals surface area contributed by atoms with Crippen LogP contribution in [0.4, 0.5) is 20.4 Å². The van der Waals surface area contributed by atoms with E-state index in [1.165, 1.54) is 22.8 Å². The van der Waals surface area contributed by atoms with Crippen LogP contribution in [0.3, 0.4) is 0 Å². The van der Waals surface area contributed by atoms with Gasteiger partial charge in [-0.2, -0.15) is 4.98 Å². The lowest BCUT2D eigenvalue weighted by molar-refractivity contribution is 0.577. The lowest BCUT2D eigenvalue weighted by Gasteiger charge is -2.29. The van der Waals surface area contributed by atoms with Gasteiger partial charge in [-0.1, -0.05) is 18.2 Å². The first kappa shape index (κ1) is 19.2. The average molecular weight is 423 g/mol. The molecule has 0 unspecified atom stereocenters. The van der Waals surface area contributed by atoms with Crippen molar-refractivity contribution in [1.29, 1.82) is 0 Å². The zero-order valence-electron chi connectivity index (χ0n) is 16.8. The van der Waals surface area contributed by atoms with Gasteiger partial charge in [0.2, 0.25) is 5.95 Å². The fraction of sp³-hybridized carbons (Fsp3) is 0.227. The summed E-state index contributed by atoms with van der Waals surface area (Å²) in [5, 5.41) is 0. The lowest BCUT2D eigenvalue weighted by Crippen LogP contribution is -2.40. The zero-order chi connectivity index (χ0) is 21.7. The van der Waals surface area contributed by atoms with Crippen molar-refractivity contribution in [2.24, 2.45) is 7.05 Å². The topological polar surface area (TPSA) is 65.1 Å². The van der Waals surface area contributed by atoms with E-state index in [0.717, 1.165) is 16.7 Å². The maximum atomic E-state index is 14.2. The Morgan fingerprint density at radius 2 is 1.74 bits per heavy atom. The molecular formula is C22H19F2N5O2. The third-order valence-electron chi connectivity index (χ3n) is 5.64. The van der Waals surface area contributed by atoms with Crippen molar-refractivity contribution in [3.8, 4) is 0 Å². The highest BCUT2D eigenvalue weighted by atomic mass is 19.1. The van der Waals surface area contributed by atoms with Crippen LogP contribution in [0.25, 0.3) is 11.2 Å². The molecule has 31 heavy (non-hydrogen) atoms. The fourth-order valence-electron chi connectivity index (χ4n) is 4.07. The Morgan fingerprint density at radius 1 is 1.00 bits per heavy atom. The van der Waals surface area contributed by atoms with Gasteiger partial charge in [0.05, 0.1) is 6.54 Å². The predicted octanol–water partition coefficient (Wildman–Crippen LogP) is 2.77. The van der Waals surface area contributed by atoms with Crippen LogP contribution in [0.2, 0.25) is 0 Å². The number of hydrogen-bond acceptors (Lipinski definition) is 4. The van der Waals surface area contributed by atoms with E-state index < -0.39 is 17.1 Å². The van der Waals surface area contributed by atoms with Crippen molar-refractivity contribution < 1.29 is 8.78 Å². The van der Waals surface area contributed by atoms with Gasteiger partial charge in [-0.05, 0) is 36.8 Å². The van der Waals surface area contributed by atoms with E-state index in [9.17, 15) is 18.4 Å². The molecule has 158 valence electrons. The first-order valence-electron chi connectivity index (χ1n) is 9.92. The molecule has 0 amide bonds. The Morgan fingerprint density at radius 3 is 2.48 bits per heavy atom. The summed E-state index contributed by atoms with van der Waals surface area (Å²) in [6.07, 6.45) is 0.741. The molecule has 2 aromatic carbocycles. The number of nitrogens with zero attached hydrogens (tertiary/aromatic N) is 5. The third kappa shape index (κ3) is 3.04. The molecular weight excluding hydrogens is 404 g/mol. The van der Waals surface area contributed by atoms with Gasteiger partial charge in [-0.15, -0.1) is 0 Å². The summed E-state index contributed by atoms with van der Waals surface area (Å²) in [5.41, 5.74) is 0.483. The molecule has 0 saturated heterocycles. The van der Waals surface area contributed by atoms with Gasteiger partial charge >= 0.3 is 5.69 Å². The van der Waals surface area contributed by atoms with E-state index in [-0.39, 0.29) is 23.6 Å².